The van der Waals surface area contributed by atoms with E-state index >= 15 is 0 Å². The summed E-state index contributed by atoms with van der Waals surface area (Å²) >= 11 is 0. The molecule has 2 heterocycles. The Bertz CT molecular complexity index is 313. The summed E-state index contributed by atoms with van der Waals surface area (Å²) in [6, 6.07) is -0.356. The zero-order valence-electron chi connectivity index (χ0n) is 10.5. The van der Waals surface area contributed by atoms with Gasteiger partial charge in [0, 0.05) is 32.7 Å². The Morgan fingerprint density at radius 1 is 1.24 bits per heavy atom. The summed E-state index contributed by atoms with van der Waals surface area (Å²) in [6.07, 6.45) is 0.291. The molecule has 6 heteroatoms. The summed E-state index contributed by atoms with van der Waals surface area (Å²) in [4.78, 5) is 27.0. The molecule has 2 fully saturated rings. The van der Waals surface area contributed by atoms with E-state index in [9.17, 15) is 9.59 Å². The maximum Gasteiger partial charge on any atom is 0.248 e. The predicted octanol–water partition coefficient (Wildman–Crippen LogP) is -1.11. The van der Waals surface area contributed by atoms with E-state index in [1.807, 2.05) is 6.92 Å². The summed E-state index contributed by atoms with van der Waals surface area (Å²) in [7, 11) is 2.08. The molecular weight excluding hydrogens is 220 g/mol. The number of hydrazine groups is 1. The Kier molecular flexibility index (Phi) is 3.76. The topological polar surface area (TPSA) is 55.9 Å². The van der Waals surface area contributed by atoms with Gasteiger partial charge < -0.3 is 4.90 Å². The zero-order valence-corrected chi connectivity index (χ0v) is 10.5. The number of likely N-dealkylation sites (N-methyl/N-ethyl adjacent to an activating group) is 2. The molecule has 2 rings (SSSR count). The number of hydrogen-bond donors (Lipinski definition) is 1. The zero-order chi connectivity index (χ0) is 12.4. The van der Waals surface area contributed by atoms with Gasteiger partial charge in [-0.2, -0.15) is 0 Å². The second kappa shape index (κ2) is 5.12. The quantitative estimate of drug-likeness (QED) is 0.634. The average Bonchev–Trinajstić information content (AvgIpc) is 2.57. The van der Waals surface area contributed by atoms with Crippen LogP contribution in [-0.4, -0.2) is 72.4 Å². The van der Waals surface area contributed by atoms with Crippen molar-refractivity contribution in [1.82, 2.24) is 20.2 Å². The summed E-state index contributed by atoms with van der Waals surface area (Å²) in [6.45, 7) is 6.05. The third-order valence-electron chi connectivity index (χ3n) is 3.40. The lowest BCUT2D eigenvalue weighted by molar-refractivity contribution is -0.139. The number of hydrogen-bond acceptors (Lipinski definition) is 5. The minimum Gasteiger partial charge on any atom is -0.304 e. The number of imide groups is 1. The Morgan fingerprint density at radius 2 is 1.88 bits per heavy atom. The number of piperazine rings is 1. The molecule has 1 atom stereocenters. The van der Waals surface area contributed by atoms with E-state index in [2.05, 4.69) is 22.4 Å². The fourth-order valence-electron chi connectivity index (χ4n) is 2.27. The summed E-state index contributed by atoms with van der Waals surface area (Å²) in [5.74, 6) is -0.152. The standard InChI is InChI=1S/C11H20N4O2/c1-3-15-10(16)8-9(11(15)17)12-14-6-4-13(2)5-7-14/h9,12H,3-8H2,1-2H3. The lowest BCUT2D eigenvalue weighted by Gasteiger charge is -2.33. The summed E-state index contributed by atoms with van der Waals surface area (Å²) in [5.41, 5.74) is 3.18. The minimum absolute atomic E-state index is 0.0656. The van der Waals surface area contributed by atoms with Gasteiger partial charge >= 0.3 is 0 Å². The van der Waals surface area contributed by atoms with Gasteiger partial charge in [-0.1, -0.05) is 0 Å². The molecule has 0 radical (unpaired) electrons. The van der Waals surface area contributed by atoms with E-state index in [4.69, 9.17) is 0 Å². The molecule has 0 aromatic heterocycles. The van der Waals surface area contributed by atoms with Crippen molar-refractivity contribution in [3.63, 3.8) is 0 Å². The molecule has 1 unspecified atom stereocenters. The van der Waals surface area contributed by atoms with E-state index in [-0.39, 0.29) is 17.9 Å². The monoisotopic (exact) mass is 240 g/mol. The van der Waals surface area contributed by atoms with Crippen molar-refractivity contribution in [2.24, 2.45) is 0 Å². The maximum atomic E-state index is 11.9. The highest BCUT2D eigenvalue weighted by Gasteiger charge is 2.38. The average molecular weight is 240 g/mol. The van der Waals surface area contributed by atoms with Gasteiger partial charge in [0.15, 0.2) is 0 Å². The first kappa shape index (κ1) is 12.5. The van der Waals surface area contributed by atoms with Gasteiger partial charge in [0.25, 0.3) is 0 Å². The molecule has 2 aliphatic rings. The molecule has 0 saturated carbocycles. The Morgan fingerprint density at radius 3 is 2.41 bits per heavy atom. The fraction of sp³-hybridized carbons (Fsp3) is 0.818. The third-order valence-corrected chi connectivity index (χ3v) is 3.40. The van der Waals surface area contributed by atoms with Gasteiger partial charge in [0.2, 0.25) is 11.8 Å². The van der Waals surface area contributed by atoms with Crippen molar-refractivity contribution < 1.29 is 9.59 Å². The first-order valence-corrected chi connectivity index (χ1v) is 6.15. The highest BCUT2D eigenvalue weighted by atomic mass is 16.2. The van der Waals surface area contributed by atoms with Crippen molar-refractivity contribution in [3.8, 4) is 0 Å². The van der Waals surface area contributed by atoms with Crippen LogP contribution >= 0.6 is 0 Å². The first-order valence-electron chi connectivity index (χ1n) is 6.15. The molecule has 2 saturated heterocycles. The van der Waals surface area contributed by atoms with Crippen LogP contribution in [0.25, 0.3) is 0 Å². The predicted molar refractivity (Wildman–Crippen MR) is 63.0 cm³/mol. The molecule has 96 valence electrons. The highest BCUT2D eigenvalue weighted by Crippen LogP contribution is 2.13. The molecule has 1 N–H and O–H groups in total. The van der Waals surface area contributed by atoms with Crippen molar-refractivity contribution >= 4 is 11.8 Å². The van der Waals surface area contributed by atoms with Crippen LogP contribution in [0.15, 0.2) is 0 Å². The summed E-state index contributed by atoms with van der Waals surface area (Å²) < 4.78 is 0. The Balaban J connectivity index is 1.88. The number of rotatable bonds is 3. The Hall–Kier alpha value is -0.980. The molecule has 0 aromatic rings. The van der Waals surface area contributed by atoms with Crippen molar-refractivity contribution in [2.75, 3.05) is 39.8 Å². The van der Waals surface area contributed by atoms with Crippen molar-refractivity contribution in [3.05, 3.63) is 0 Å². The molecule has 0 aromatic carbocycles. The largest absolute Gasteiger partial charge is 0.304 e. The fourth-order valence-corrected chi connectivity index (χ4v) is 2.27. The highest BCUT2D eigenvalue weighted by molar-refractivity contribution is 6.05. The third kappa shape index (κ3) is 2.65. The van der Waals surface area contributed by atoms with Gasteiger partial charge in [0.05, 0.1) is 6.42 Å². The number of nitrogens with one attached hydrogen (secondary N) is 1. The van der Waals surface area contributed by atoms with Gasteiger partial charge in [0.1, 0.15) is 6.04 Å². The van der Waals surface area contributed by atoms with Gasteiger partial charge in [-0.25, -0.2) is 10.4 Å². The van der Waals surface area contributed by atoms with Crippen LogP contribution in [0.5, 0.6) is 0 Å². The van der Waals surface area contributed by atoms with Crippen LogP contribution in [0, 0.1) is 0 Å². The molecule has 17 heavy (non-hydrogen) atoms. The molecule has 6 nitrogen and oxygen atoms in total. The van der Waals surface area contributed by atoms with Crippen LogP contribution in [0.2, 0.25) is 0 Å². The lowest BCUT2D eigenvalue weighted by atomic mass is 10.2. The molecule has 2 aliphatic heterocycles. The van der Waals surface area contributed by atoms with E-state index in [0.29, 0.717) is 13.0 Å². The molecule has 0 spiro atoms. The van der Waals surface area contributed by atoms with Crippen LogP contribution in [-0.2, 0) is 9.59 Å². The second-order valence-electron chi connectivity index (χ2n) is 4.65. The Labute approximate surface area is 101 Å². The molecule has 0 aliphatic carbocycles. The number of likely N-dealkylation sites (tertiary alicyclic amines) is 1. The van der Waals surface area contributed by atoms with E-state index in [1.165, 1.54) is 4.90 Å². The minimum atomic E-state index is -0.356. The second-order valence-corrected chi connectivity index (χ2v) is 4.65. The van der Waals surface area contributed by atoms with Gasteiger partial charge in [-0.3, -0.25) is 14.5 Å². The smallest absolute Gasteiger partial charge is 0.248 e. The van der Waals surface area contributed by atoms with E-state index in [0.717, 1.165) is 26.2 Å². The normalized spacial score (nSPS) is 28.1. The van der Waals surface area contributed by atoms with Crippen LogP contribution < -0.4 is 5.43 Å². The molecule has 0 bridgehead atoms. The molecule has 2 amide bonds. The van der Waals surface area contributed by atoms with Crippen LogP contribution in [0.4, 0.5) is 0 Å². The number of carbonyl (C=O) groups excluding carboxylic acids is 2. The van der Waals surface area contributed by atoms with Gasteiger partial charge in [-0.05, 0) is 14.0 Å². The van der Waals surface area contributed by atoms with Crippen molar-refractivity contribution in [1.29, 1.82) is 0 Å². The number of nitrogens with zero attached hydrogens (tertiary/aromatic N) is 3. The van der Waals surface area contributed by atoms with Crippen LogP contribution in [0.3, 0.4) is 0 Å². The maximum absolute atomic E-state index is 11.9. The number of carbonyl (C=O) groups is 2. The summed E-state index contributed by atoms with van der Waals surface area (Å²) in [5, 5.41) is 2.05. The van der Waals surface area contributed by atoms with E-state index < -0.39 is 0 Å². The van der Waals surface area contributed by atoms with Gasteiger partial charge in [-0.15, -0.1) is 0 Å². The molecular formula is C11H20N4O2. The SMILES string of the molecule is CCN1C(=O)CC(NN2CCN(C)CC2)C1=O. The number of amides is 2. The lowest BCUT2D eigenvalue weighted by Crippen LogP contribution is -2.55. The first-order chi connectivity index (χ1) is 8.11. The van der Waals surface area contributed by atoms with Crippen LogP contribution in [0.1, 0.15) is 13.3 Å². The van der Waals surface area contributed by atoms with E-state index in [1.54, 1.807) is 0 Å². The van der Waals surface area contributed by atoms with Crippen molar-refractivity contribution in [2.45, 2.75) is 19.4 Å².